The van der Waals surface area contributed by atoms with Crippen molar-refractivity contribution in [1.29, 1.82) is 0 Å². The number of sulfone groups is 1. The molecule has 1 fully saturated rings. The van der Waals surface area contributed by atoms with Gasteiger partial charge < -0.3 is 4.90 Å². The number of rotatable bonds is 4. The second-order valence-electron chi connectivity index (χ2n) is 7.74. The number of benzene rings is 2. The van der Waals surface area contributed by atoms with Crippen molar-refractivity contribution in [2.45, 2.75) is 43.0 Å². The lowest BCUT2D eigenvalue weighted by atomic mass is 9.94. The van der Waals surface area contributed by atoms with Crippen LogP contribution in [-0.2, 0) is 14.6 Å². The van der Waals surface area contributed by atoms with E-state index in [0.717, 1.165) is 29.5 Å². The third-order valence-corrected chi connectivity index (χ3v) is 6.94. The van der Waals surface area contributed by atoms with Crippen molar-refractivity contribution in [3.05, 3.63) is 65.7 Å². The Hall–Kier alpha value is -2.40. The molecule has 0 unspecified atom stereocenters. The summed E-state index contributed by atoms with van der Waals surface area (Å²) >= 11 is 0. The largest absolute Gasteiger partial charge is 0.331 e. The smallest absolute Gasteiger partial charge is 0.255 e. The summed E-state index contributed by atoms with van der Waals surface area (Å²) in [7, 11) is -3.26. The van der Waals surface area contributed by atoms with Gasteiger partial charge in [0.15, 0.2) is 9.84 Å². The lowest BCUT2D eigenvalue weighted by molar-refractivity contribution is -0.126. The molecule has 0 N–H and O–H groups in total. The van der Waals surface area contributed by atoms with Crippen LogP contribution in [0.3, 0.4) is 0 Å². The molecular formula is C23H25NO3S. The lowest BCUT2D eigenvalue weighted by Gasteiger charge is -2.31. The van der Waals surface area contributed by atoms with Gasteiger partial charge in [-0.3, -0.25) is 4.79 Å². The molecule has 1 aliphatic heterocycles. The van der Waals surface area contributed by atoms with Gasteiger partial charge in [-0.25, -0.2) is 8.42 Å². The summed E-state index contributed by atoms with van der Waals surface area (Å²) < 4.78 is 23.6. The van der Waals surface area contributed by atoms with E-state index < -0.39 is 9.84 Å². The number of hydrogen-bond donors (Lipinski definition) is 0. The van der Waals surface area contributed by atoms with Gasteiger partial charge in [0.1, 0.15) is 0 Å². The molecule has 2 aromatic rings. The van der Waals surface area contributed by atoms with Crippen LogP contribution in [0.5, 0.6) is 0 Å². The molecular weight excluding hydrogens is 370 g/mol. The first-order valence-electron chi connectivity index (χ1n) is 9.85. The predicted molar refractivity (Wildman–Crippen MR) is 111 cm³/mol. The Labute approximate surface area is 166 Å². The normalized spacial score (nSPS) is 18.8. The van der Waals surface area contributed by atoms with Gasteiger partial charge in [-0.05, 0) is 41.7 Å². The van der Waals surface area contributed by atoms with E-state index in [0.29, 0.717) is 18.2 Å². The van der Waals surface area contributed by atoms with Gasteiger partial charge in [-0.15, -0.1) is 0 Å². The van der Waals surface area contributed by atoms with Crippen LogP contribution in [0.15, 0.2) is 59.5 Å². The van der Waals surface area contributed by atoms with Gasteiger partial charge in [0.05, 0.1) is 10.5 Å². The highest BCUT2D eigenvalue weighted by Gasteiger charge is 2.36. The summed E-state index contributed by atoms with van der Waals surface area (Å²) in [5.74, 6) is 0.0675. The first-order valence-corrected chi connectivity index (χ1v) is 11.7. The number of carbonyl (C=O) groups excluding carboxylic acids is 1. The fourth-order valence-corrected chi connectivity index (χ4v) is 4.95. The highest BCUT2D eigenvalue weighted by molar-refractivity contribution is 7.90. The number of hydrogen-bond acceptors (Lipinski definition) is 3. The monoisotopic (exact) mass is 395 g/mol. The lowest BCUT2D eigenvalue weighted by Crippen LogP contribution is -2.38. The quantitative estimate of drug-likeness (QED) is 0.780. The zero-order chi connectivity index (χ0) is 19.7. The predicted octanol–water partition coefficient (Wildman–Crippen LogP) is 4.18. The highest BCUT2D eigenvalue weighted by atomic mass is 32.2. The minimum Gasteiger partial charge on any atom is -0.331 e. The number of amides is 1. The summed E-state index contributed by atoms with van der Waals surface area (Å²) in [6, 6.07) is 17.0. The first kappa shape index (κ1) is 18.9. The Bertz CT molecular complexity index is 1000. The molecule has 2 aliphatic rings. The Kier molecular flexibility index (Phi) is 5.11. The molecule has 0 bridgehead atoms. The molecule has 28 heavy (non-hydrogen) atoms. The zero-order valence-electron chi connectivity index (χ0n) is 16.1. The molecule has 2 aromatic carbocycles. The molecule has 1 saturated carbocycles. The average Bonchev–Trinajstić information content (AvgIpc) is 3.06. The second kappa shape index (κ2) is 7.55. The number of nitrogens with zero attached hydrogens (tertiary/aromatic N) is 1. The van der Waals surface area contributed by atoms with Crippen molar-refractivity contribution < 1.29 is 13.2 Å². The van der Waals surface area contributed by atoms with Gasteiger partial charge in [0.25, 0.3) is 5.91 Å². The fraction of sp³-hybridized carbons (Fsp3) is 0.348. The van der Waals surface area contributed by atoms with Gasteiger partial charge in [0, 0.05) is 18.8 Å². The van der Waals surface area contributed by atoms with Crippen LogP contribution in [0.2, 0.25) is 0 Å². The summed E-state index contributed by atoms with van der Waals surface area (Å²) in [5, 5.41) is 0. The summed E-state index contributed by atoms with van der Waals surface area (Å²) in [6.45, 7) is 0.622. The Balaban J connectivity index is 1.76. The maximum Gasteiger partial charge on any atom is 0.255 e. The maximum absolute atomic E-state index is 13.4. The van der Waals surface area contributed by atoms with Crippen LogP contribution >= 0.6 is 0 Å². The Morgan fingerprint density at radius 2 is 1.50 bits per heavy atom. The van der Waals surface area contributed by atoms with Crippen LogP contribution in [-0.4, -0.2) is 38.1 Å². The van der Waals surface area contributed by atoms with E-state index in [4.69, 9.17) is 0 Å². The van der Waals surface area contributed by atoms with Crippen LogP contribution in [0.4, 0.5) is 0 Å². The summed E-state index contributed by atoms with van der Waals surface area (Å²) in [5.41, 5.74) is 3.58. The summed E-state index contributed by atoms with van der Waals surface area (Å²) in [4.78, 5) is 15.7. The van der Waals surface area contributed by atoms with Gasteiger partial charge in [-0.2, -0.15) is 0 Å². The van der Waals surface area contributed by atoms with Crippen LogP contribution in [0, 0.1) is 0 Å². The maximum atomic E-state index is 13.4. The molecule has 0 atom stereocenters. The minimum atomic E-state index is -3.26. The standard InChI is InChI=1S/C23H25NO3S/c1-28(26,27)20-14-12-18(13-15-20)22-21(17-8-4-2-5-9-17)16-24(23(22)25)19-10-6-3-7-11-19/h2,4-5,8-9,12-15,19H,3,6-7,10-11,16H2,1H3. The number of carbonyl (C=O) groups is 1. The third kappa shape index (κ3) is 3.63. The van der Waals surface area contributed by atoms with Crippen LogP contribution in [0.1, 0.15) is 43.2 Å². The van der Waals surface area contributed by atoms with Gasteiger partial charge in [0.2, 0.25) is 0 Å². The fourth-order valence-electron chi connectivity index (χ4n) is 4.32. The SMILES string of the molecule is CS(=O)(=O)c1ccc(C2=C(c3ccccc3)CN(C3CCCCC3)C2=O)cc1. The molecule has 0 aromatic heterocycles. The molecule has 1 heterocycles. The second-order valence-corrected chi connectivity index (χ2v) is 9.76. The van der Waals surface area contributed by atoms with E-state index in [-0.39, 0.29) is 10.8 Å². The van der Waals surface area contributed by atoms with Crippen molar-refractivity contribution in [1.82, 2.24) is 4.90 Å². The Morgan fingerprint density at radius 3 is 2.11 bits per heavy atom. The molecule has 0 saturated heterocycles. The van der Waals surface area contributed by atoms with Crippen LogP contribution in [0.25, 0.3) is 11.1 Å². The van der Waals surface area contributed by atoms with Crippen molar-refractivity contribution in [3.63, 3.8) is 0 Å². The van der Waals surface area contributed by atoms with Gasteiger partial charge >= 0.3 is 0 Å². The molecule has 146 valence electrons. The van der Waals surface area contributed by atoms with Crippen molar-refractivity contribution in [2.24, 2.45) is 0 Å². The van der Waals surface area contributed by atoms with Crippen LogP contribution < -0.4 is 0 Å². The first-order chi connectivity index (χ1) is 13.4. The molecule has 1 aliphatic carbocycles. The molecule has 1 amide bonds. The topological polar surface area (TPSA) is 54.5 Å². The van der Waals surface area contributed by atoms with Crippen molar-refractivity contribution >= 4 is 26.9 Å². The molecule has 4 rings (SSSR count). The Morgan fingerprint density at radius 1 is 0.857 bits per heavy atom. The van der Waals surface area contributed by atoms with E-state index in [1.54, 1.807) is 24.3 Å². The van der Waals surface area contributed by atoms with Crippen molar-refractivity contribution in [3.8, 4) is 0 Å². The summed E-state index contributed by atoms with van der Waals surface area (Å²) in [6.07, 6.45) is 6.92. The minimum absolute atomic E-state index is 0.0675. The molecule has 4 nitrogen and oxygen atoms in total. The average molecular weight is 396 g/mol. The van der Waals surface area contributed by atoms with E-state index in [1.165, 1.54) is 25.5 Å². The molecule has 5 heteroatoms. The van der Waals surface area contributed by atoms with E-state index in [1.807, 2.05) is 35.2 Å². The van der Waals surface area contributed by atoms with E-state index >= 15 is 0 Å². The third-order valence-electron chi connectivity index (χ3n) is 5.81. The van der Waals surface area contributed by atoms with E-state index in [9.17, 15) is 13.2 Å². The van der Waals surface area contributed by atoms with E-state index in [2.05, 4.69) is 0 Å². The highest BCUT2D eigenvalue weighted by Crippen LogP contribution is 2.38. The van der Waals surface area contributed by atoms with Gasteiger partial charge in [-0.1, -0.05) is 61.7 Å². The molecule has 0 radical (unpaired) electrons. The zero-order valence-corrected chi connectivity index (χ0v) is 16.9. The molecule has 0 spiro atoms. The van der Waals surface area contributed by atoms with Crippen molar-refractivity contribution in [2.75, 3.05) is 12.8 Å².